The summed E-state index contributed by atoms with van der Waals surface area (Å²) in [5, 5.41) is 0. The maximum absolute atomic E-state index is 11.1. The Balaban J connectivity index is -0.000000218. The molecule has 0 N–H and O–H groups in total. The number of unbranched alkanes of at least 4 members (excludes halogenated alkanes) is 6. The summed E-state index contributed by atoms with van der Waals surface area (Å²) in [6.07, 6.45) is 10.7. The molecule has 0 aromatic rings. The number of hydrogen-bond acceptors (Lipinski definition) is 9. The Hall–Kier alpha value is 0.956. The van der Waals surface area contributed by atoms with Gasteiger partial charge < -0.3 is 41.9 Å². The third-order valence-electron chi connectivity index (χ3n) is 4.71. The zero-order valence-corrected chi connectivity index (χ0v) is 27.8. The number of rotatable bonds is 21. The fraction of sp³-hybridized carbons (Fsp3) is 1.00. The summed E-state index contributed by atoms with van der Waals surface area (Å²) < 4.78 is 47.5. The van der Waals surface area contributed by atoms with E-state index in [2.05, 4.69) is 0 Å². The molecule has 0 aliphatic rings. The molecule has 3 atom stereocenters. The minimum Gasteiger partial charge on any atom is -0.778 e. The van der Waals surface area contributed by atoms with Crippen LogP contribution < -0.4 is 14.7 Å². The van der Waals surface area contributed by atoms with Crippen molar-refractivity contribution >= 4 is 22.8 Å². The van der Waals surface area contributed by atoms with Crippen LogP contribution in [-0.2, 0) is 44.0 Å². The molecule has 0 spiro atoms. The van der Waals surface area contributed by atoms with Crippen LogP contribution in [0.15, 0.2) is 0 Å². The van der Waals surface area contributed by atoms with E-state index in [0.717, 1.165) is 57.8 Å². The quantitative estimate of drug-likeness (QED) is 0.102. The van der Waals surface area contributed by atoms with Crippen molar-refractivity contribution in [1.82, 2.24) is 0 Å². The van der Waals surface area contributed by atoms with Crippen molar-refractivity contribution in [3.63, 3.8) is 0 Å². The second-order valence-electron chi connectivity index (χ2n) is 8.62. The van der Waals surface area contributed by atoms with Crippen molar-refractivity contribution in [2.75, 3.05) is 38.3 Å². The van der Waals surface area contributed by atoms with Crippen LogP contribution >= 0.6 is 22.8 Å². The van der Waals surface area contributed by atoms with E-state index in [1.165, 1.54) is 0 Å². The first-order valence-corrected chi connectivity index (χ1v) is 18.9. The Labute approximate surface area is 238 Å². The summed E-state index contributed by atoms with van der Waals surface area (Å²) in [5.41, 5.74) is 0. The Morgan fingerprint density at radius 2 is 0.622 bits per heavy atom. The molecular weight excluding hydrogens is 584 g/mol. The van der Waals surface area contributed by atoms with Gasteiger partial charge in [-0.15, -0.1) is 0 Å². The Kier molecular flexibility index (Phi) is 36.4. The van der Waals surface area contributed by atoms with Gasteiger partial charge in [-0.05, 0) is 38.5 Å². The topological polar surface area (TPSA) is 148 Å². The zero-order valence-electron chi connectivity index (χ0n) is 24.1. The third kappa shape index (κ3) is 39.2. The monoisotopic (exact) mass is 638 g/mol. The van der Waals surface area contributed by atoms with Gasteiger partial charge in [0.2, 0.25) is 0 Å². The standard InChI is InChI=1S/3C8H19O3P.Co/c3*1-3-5-7-11-12(9,10)8-6-4-2;/h3*3-8H2,1-2H3,(H,9,10);/q;;;+3/p-3. The molecule has 228 valence electrons. The summed E-state index contributed by atoms with van der Waals surface area (Å²) in [5.74, 6) is 0. The molecule has 0 heterocycles. The van der Waals surface area contributed by atoms with Gasteiger partial charge >= 0.3 is 16.8 Å². The molecule has 0 radical (unpaired) electrons. The summed E-state index contributed by atoms with van der Waals surface area (Å²) in [4.78, 5) is 33.2. The molecule has 0 aliphatic heterocycles. The van der Waals surface area contributed by atoms with Crippen LogP contribution in [0, 0.1) is 0 Å². The molecule has 0 amide bonds. The molecule has 0 aromatic carbocycles. The van der Waals surface area contributed by atoms with Gasteiger partial charge in [-0.1, -0.05) is 80.1 Å². The summed E-state index contributed by atoms with van der Waals surface area (Å²) >= 11 is 0. The van der Waals surface area contributed by atoms with Crippen molar-refractivity contribution < 1.29 is 58.7 Å². The van der Waals surface area contributed by atoms with Gasteiger partial charge in [-0.2, -0.15) is 0 Å². The van der Waals surface area contributed by atoms with Gasteiger partial charge in [0, 0.05) is 18.5 Å². The fourth-order valence-electron chi connectivity index (χ4n) is 2.29. The first-order chi connectivity index (χ1) is 16.9. The molecule has 0 saturated carbocycles. The van der Waals surface area contributed by atoms with Gasteiger partial charge in [-0.25, -0.2) is 0 Å². The van der Waals surface area contributed by atoms with Gasteiger partial charge in [0.1, 0.15) is 22.8 Å². The Bertz CT molecular complexity index is 529. The average Bonchev–Trinajstić information content (AvgIpc) is 2.81. The Morgan fingerprint density at radius 3 is 0.784 bits per heavy atom. The second kappa shape index (κ2) is 29.9. The van der Waals surface area contributed by atoms with Crippen LogP contribution in [0.5, 0.6) is 0 Å². The molecule has 13 heteroatoms. The molecule has 9 nitrogen and oxygen atoms in total. The van der Waals surface area contributed by atoms with Crippen molar-refractivity contribution in [2.24, 2.45) is 0 Å². The number of hydrogen-bond donors (Lipinski definition) is 0. The summed E-state index contributed by atoms with van der Waals surface area (Å²) in [6, 6.07) is 0. The van der Waals surface area contributed by atoms with Gasteiger partial charge in [0.05, 0.1) is 19.8 Å². The molecule has 0 fully saturated rings. The van der Waals surface area contributed by atoms with E-state index in [4.69, 9.17) is 13.6 Å². The van der Waals surface area contributed by atoms with E-state index in [-0.39, 0.29) is 35.3 Å². The maximum atomic E-state index is 11.1. The molecule has 0 aromatic heterocycles. The van der Waals surface area contributed by atoms with Crippen LogP contribution in [0.3, 0.4) is 0 Å². The van der Waals surface area contributed by atoms with Crippen molar-refractivity contribution in [2.45, 2.75) is 119 Å². The third-order valence-corrected chi connectivity index (χ3v) is 9.03. The minimum atomic E-state index is -3.49. The van der Waals surface area contributed by atoms with E-state index in [9.17, 15) is 28.4 Å². The van der Waals surface area contributed by atoms with Crippen LogP contribution in [-0.4, -0.2) is 38.3 Å². The first-order valence-electron chi connectivity index (χ1n) is 13.7. The normalized spacial score (nSPS) is 15.5. The van der Waals surface area contributed by atoms with E-state index < -0.39 is 22.8 Å². The second-order valence-corrected chi connectivity index (χ2v) is 14.4. The molecule has 0 rings (SSSR count). The molecular formula is C24H54CoO9P3. The van der Waals surface area contributed by atoms with Crippen LogP contribution in [0.2, 0.25) is 0 Å². The fourth-order valence-corrected chi connectivity index (χ4v) is 6.01. The predicted octanol–water partition coefficient (Wildman–Crippen LogP) is 6.47. The molecule has 3 unspecified atom stereocenters. The molecule has 0 saturated heterocycles. The van der Waals surface area contributed by atoms with Crippen LogP contribution in [0.25, 0.3) is 0 Å². The van der Waals surface area contributed by atoms with Gasteiger partial charge in [0.25, 0.3) is 0 Å². The van der Waals surface area contributed by atoms with Crippen molar-refractivity contribution in [3.05, 3.63) is 0 Å². The van der Waals surface area contributed by atoms with Gasteiger partial charge in [-0.3, -0.25) is 0 Å². The smallest absolute Gasteiger partial charge is 0.778 e. The SMILES string of the molecule is CCCCOP(=O)([O-])CCCC.CCCCOP(=O)([O-])CCCC.CCCCOP(=O)([O-])CCCC.[Co+3]. The predicted molar refractivity (Wildman–Crippen MR) is 145 cm³/mol. The summed E-state index contributed by atoms with van der Waals surface area (Å²) in [6.45, 7) is 13.0. The van der Waals surface area contributed by atoms with Crippen LogP contribution in [0.1, 0.15) is 119 Å². The van der Waals surface area contributed by atoms with E-state index in [0.29, 0.717) is 39.1 Å². The summed E-state index contributed by atoms with van der Waals surface area (Å²) in [7, 11) is -10.5. The average molecular weight is 639 g/mol. The van der Waals surface area contributed by atoms with E-state index in [1.807, 2.05) is 41.5 Å². The molecule has 37 heavy (non-hydrogen) atoms. The molecule has 0 aliphatic carbocycles. The van der Waals surface area contributed by atoms with E-state index in [1.54, 1.807) is 0 Å². The minimum absolute atomic E-state index is 0. The van der Waals surface area contributed by atoms with Crippen molar-refractivity contribution in [3.8, 4) is 0 Å². The van der Waals surface area contributed by atoms with Crippen LogP contribution in [0.4, 0.5) is 0 Å². The Morgan fingerprint density at radius 1 is 0.432 bits per heavy atom. The molecule has 0 bridgehead atoms. The first kappa shape index (κ1) is 45.0. The largest absolute Gasteiger partial charge is 3.00 e. The van der Waals surface area contributed by atoms with Crippen molar-refractivity contribution in [1.29, 1.82) is 0 Å². The van der Waals surface area contributed by atoms with Gasteiger partial charge in [0.15, 0.2) is 0 Å². The zero-order chi connectivity index (χ0) is 28.3. The maximum Gasteiger partial charge on any atom is 3.00 e. The van der Waals surface area contributed by atoms with E-state index >= 15 is 0 Å².